The number of nitrogens with zero attached hydrogens (tertiary/aromatic N) is 3. The van der Waals surface area contributed by atoms with Crippen LogP contribution in [0.5, 0.6) is 0 Å². The van der Waals surface area contributed by atoms with Crippen LogP contribution in [0.15, 0.2) is 25.3 Å². The Bertz CT molecular complexity index is 929. The fourth-order valence-corrected chi connectivity index (χ4v) is 9.57. The molecule has 38 heavy (non-hydrogen) atoms. The van der Waals surface area contributed by atoms with Gasteiger partial charge in [-0.25, -0.2) is 0 Å². The third-order valence-electron chi connectivity index (χ3n) is 8.43. The lowest BCUT2D eigenvalue weighted by atomic mass is 9.70. The fourth-order valence-electron chi connectivity index (χ4n) is 7.37. The van der Waals surface area contributed by atoms with Gasteiger partial charge in [-0.2, -0.15) is 0 Å². The summed E-state index contributed by atoms with van der Waals surface area (Å²) in [6.45, 7) is 19.9. The number of hydrogen-bond donors (Lipinski definition) is 1. The van der Waals surface area contributed by atoms with Gasteiger partial charge in [-0.1, -0.05) is 32.9 Å². The quantitative estimate of drug-likeness (QED) is 0.277. The zero-order valence-corrected chi connectivity index (χ0v) is 25.2. The molecule has 2 unspecified atom stereocenters. The summed E-state index contributed by atoms with van der Waals surface area (Å²) in [7, 11) is 1.77. The van der Waals surface area contributed by atoms with Gasteiger partial charge in [-0.3, -0.25) is 14.4 Å². The van der Waals surface area contributed by atoms with E-state index < -0.39 is 28.2 Å². The topological polar surface area (TPSA) is 81.2 Å². The molecule has 1 N–H and O–H groups in total. The lowest BCUT2D eigenvalue weighted by molar-refractivity contribution is -0.147. The van der Waals surface area contributed by atoms with Crippen LogP contribution in [-0.4, -0.2) is 92.4 Å². The lowest BCUT2D eigenvalue weighted by Crippen LogP contribution is -2.60. The van der Waals surface area contributed by atoms with Crippen molar-refractivity contribution >= 4 is 29.5 Å². The standard InChI is InChI=1S/C30H49N3O4S/c1-9-16-31(8)25(35)22-21-14-15-30(38-21)23(22)26(36)32(18-12-11-13-19-34)24(30)27(37)33(17-10-2)29(6,7)20-28(3,4)5/h9-10,21-24,34H,1-2,11-20H2,3-8H3/t21-,22+,23-,24?,30?/m0/s1. The molecule has 3 amide bonds. The van der Waals surface area contributed by atoms with E-state index in [9.17, 15) is 19.5 Å². The van der Waals surface area contributed by atoms with Crippen molar-refractivity contribution in [3.63, 3.8) is 0 Å². The normalized spacial score (nSPS) is 28.4. The van der Waals surface area contributed by atoms with Gasteiger partial charge in [-0.05, 0) is 57.8 Å². The molecule has 0 aliphatic carbocycles. The fraction of sp³-hybridized carbons (Fsp3) is 0.767. The Hall–Kier alpha value is -1.80. The zero-order chi connectivity index (χ0) is 28.5. The Morgan fingerprint density at radius 1 is 1.11 bits per heavy atom. The number of thioether (sulfide) groups is 1. The van der Waals surface area contributed by atoms with Crippen molar-refractivity contribution in [1.82, 2.24) is 14.7 Å². The van der Waals surface area contributed by atoms with E-state index in [1.165, 1.54) is 0 Å². The summed E-state index contributed by atoms with van der Waals surface area (Å²) in [6.07, 6.45) is 8.04. The minimum absolute atomic E-state index is 0.00725. The molecule has 1 spiro atoms. The smallest absolute Gasteiger partial charge is 0.247 e. The average molecular weight is 548 g/mol. The van der Waals surface area contributed by atoms with Crippen molar-refractivity contribution in [3.8, 4) is 0 Å². The Morgan fingerprint density at radius 3 is 2.34 bits per heavy atom. The number of likely N-dealkylation sites (N-methyl/N-ethyl adjacent to an activating group) is 1. The number of carbonyl (C=O) groups excluding carboxylic acids is 3. The number of rotatable bonds is 13. The van der Waals surface area contributed by atoms with E-state index in [1.807, 2.05) is 4.90 Å². The highest BCUT2D eigenvalue weighted by Crippen LogP contribution is 2.66. The van der Waals surface area contributed by atoms with Gasteiger partial charge in [0.1, 0.15) is 6.04 Å². The molecule has 8 heteroatoms. The molecule has 214 valence electrons. The number of aliphatic hydroxyl groups is 1. The van der Waals surface area contributed by atoms with Gasteiger partial charge < -0.3 is 19.8 Å². The first kappa shape index (κ1) is 30.7. The summed E-state index contributed by atoms with van der Waals surface area (Å²) in [4.78, 5) is 47.9. The number of hydrogen-bond acceptors (Lipinski definition) is 5. The number of aliphatic hydroxyl groups excluding tert-OH is 1. The third kappa shape index (κ3) is 5.72. The maximum absolute atomic E-state index is 14.7. The number of likely N-dealkylation sites (tertiary alicyclic amines) is 1. The van der Waals surface area contributed by atoms with Crippen molar-refractivity contribution in [2.45, 2.75) is 94.7 Å². The van der Waals surface area contributed by atoms with E-state index in [4.69, 9.17) is 0 Å². The predicted octanol–water partition coefficient (Wildman–Crippen LogP) is 4.11. The number of fused-ring (bicyclic) bond motifs is 1. The maximum atomic E-state index is 14.7. The third-order valence-corrected chi connectivity index (χ3v) is 10.4. The SMILES string of the molecule is C=CCN(C)C(=O)[C@@H]1[C@@H]2CCC3(S2)C(C(=O)N(CC=C)C(C)(C)CC(C)(C)C)N(CCCCCO)C(=O)[C@H]13. The monoisotopic (exact) mass is 547 g/mol. The molecule has 0 aromatic heterocycles. The Labute approximate surface area is 234 Å². The molecule has 3 saturated heterocycles. The Morgan fingerprint density at radius 2 is 1.76 bits per heavy atom. The van der Waals surface area contributed by atoms with Crippen LogP contribution in [0.25, 0.3) is 0 Å². The van der Waals surface area contributed by atoms with Crippen LogP contribution in [-0.2, 0) is 14.4 Å². The summed E-state index contributed by atoms with van der Waals surface area (Å²) in [5.74, 6) is -1.02. The molecule has 0 radical (unpaired) electrons. The molecule has 0 aromatic carbocycles. The minimum Gasteiger partial charge on any atom is -0.396 e. The molecule has 3 heterocycles. The first-order valence-electron chi connectivity index (χ1n) is 14.1. The lowest BCUT2D eigenvalue weighted by Gasteiger charge is -2.46. The molecule has 3 fully saturated rings. The van der Waals surface area contributed by atoms with Crippen LogP contribution >= 0.6 is 11.8 Å². The molecule has 3 aliphatic rings. The molecule has 0 aromatic rings. The van der Waals surface area contributed by atoms with Gasteiger partial charge in [0, 0.05) is 44.1 Å². The summed E-state index contributed by atoms with van der Waals surface area (Å²) in [6, 6.07) is -0.606. The van der Waals surface area contributed by atoms with Crippen molar-refractivity contribution in [2.75, 3.05) is 33.3 Å². The van der Waals surface area contributed by atoms with Crippen LogP contribution in [0.2, 0.25) is 0 Å². The van der Waals surface area contributed by atoms with Crippen molar-refractivity contribution < 1.29 is 19.5 Å². The average Bonchev–Trinajstić information content (AvgIpc) is 3.45. The summed E-state index contributed by atoms with van der Waals surface area (Å²) < 4.78 is -0.595. The first-order chi connectivity index (χ1) is 17.8. The van der Waals surface area contributed by atoms with E-state index in [1.54, 1.807) is 40.8 Å². The largest absolute Gasteiger partial charge is 0.396 e. The molecule has 7 nitrogen and oxygen atoms in total. The van der Waals surface area contributed by atoms with Crippen LogP contribution in [0.3, 0.4) is 0 Å². The summed E-state index contributed by atoms with van der Waals surface area (Å²) in [5, 5.41) is 9.32. The summed E-state index contributed by atoms with van der Waals surface area (Å²) in [5.41, 5.74) is -0.433. The van der Waals surface area contributed by atoms with Crippen molar-refractivity contribution in [3.05, 3.63) is 25.3 Å². The Kier molecular flexibility index (Phi) is 9.50. The van der Waals surface area contributed by atoms with E-state index >= 15 is 0 Å². The van der Waals surface area contributed by atoms with E-state index in [-0.39, 0.29) is 35.0 Å². The second kappa shape index (κ2) is 11.7. The second-order valence-corrected chi connectivity index (χ2v) is 14.8. The van der Waals surface area contributed by atoms with Gasteiger partial charge in [0.25, 0.3) is 0 Å². The van der Waals surface area contributed by atoms with Gasteiger partial charge in [0.15, 0.2) is 0 Å². The van der Waals surface area contributed by atoms with E-state index in [2.05, 4.69) is 47.8 Å². The van der Waals surface area contributed by atoms with Gasteiger partial charge in [0.05, 0.1) is 16.6 Å². The molecule has 5 atom stereocenters. The highest BCUT2D eigenvalue weighted by atomic mass is 32.2. The number of unbranched alkanes of at least 4 members (excludes halogenated alkanes) is 2. The molecule has 3 rings (SSSR count). The highest BCUT2D eigenvalue weighted by molar-refractivity contribution is 8.02. The second-order valence-electron chi connectivity index (χ2n) is 13.2. The van der Waals surface area contributed by atoms with E-state index in [0.29, 0.717) is 26.1 Å². The molecule has 2 bridgehead atoms. The molecule has 0 saturated carbocycles. The molecule has 3 aliphatic heterocycles. The van der Waals surface area contributed by atoms with Crippen LogP contribution in [0, 0.1) is 17.3 Å². The zero-order valence-electron chi connectivity index (χ0n) is 24.4. The Balaban J connectivity index is 2.04. The van der Waals surface area contributed by atoms with Gasteiger partial charge in [0.2, 0.25) is 17.7 Å². The predicted molar refractivity (Wildman–Crippen MR) is 155 cm³/mol. The first-order valence-corrected chi connectivity index (χ1v) is 15.0. The van der Waals surface area contributed by atoms with Crippen molar-refractivity contribution in [2.24, 2.45) is 17.3 Å². The molecular weight excluding hydrogens is 498 g/mol. The van der Waals surface area contributed by atoms with Crippen molar-refractivity contribution in [1.29, 1.82) is 0 Å². The van der Waals surface area contributed by atoms with Crippen LogP contribution in [0.1, 0.15) is 73.1 Å². The molecular formula is C30H49N3O4S. The minimum atomic E-state index is -0.606. The van der Waals surface area contributed by atoms with Crippen LogP contribution in [0.4, 0.5) is 0 Å². The number of amides is 3. The van der Waals surface area contributed by atoms with Crippen LogP contribution < -0.4 is 0 Å². The highest BCUT2D eigenvalue weighted by Gasteiger charge is 2.74. The van der Waals surface area contributed by atoms with Gasteiger partial charge >= 0.3 is 0 Å². The number of carbonyl (C=O) groups is 3. The van der Waals surface area contributed by atoms with E-state index in [0.717, 1.165) is 32.1 Å². The maximum Gasteiger partial charge on any atom is 0.247 e. The van der Waals surface area contributed by atoms with Gasteiger partial charge in [-0.15, -0.1) is 24.9 Å². The summed E-state index contributed by atoms with van der Waals surface area (Å²) >= 11 is 1.72.